The second-order valence-corrected chi connectivity index (χ2v) is 8.06. The fourth-order valence-corrected chi connectivity index (χ4v) is 3.91. The Hall–Kier alpha value is -3.46. The van der Waals surface area contributed by atoms with E-state index in [0.717, 1.165) is 11.3 Å². The highest BCUT2D eigenvalue weighted by molar-refractivity contribution is 8.00. The van der Waals surface area contributed by atoms with Crippen LogP contribution in [0.2, 0.25) is 0 Å². The Kier molecular flexibility index (Phi) is 6.13. The van der Waals surface area contributed by atoms with Gasteiger partial charge in [0.25, 0.3) is 0 Å². The molecule has 0 radical (unpaired) electrons. The molecule has 0 fully saturated rings. The lowest BCUT2D eigenvalue weighted by Gasteiger charge is -2.13. The first-order valence-corrected chi connectivity index (χ1v) is 10.5. The van der Waals surface area contributed by atoms with Crippen molar-refractivity contribution >= 4 is 23.4 Å². The second kappa shape index (κ2) is 9.13. The van der Waals surface area contributed by atoms with Gasteiger partial charge in [-0.1, -0.05) is 17.8 Å². The van der Waals surface area contributed by atoms with Crippen molar-refractivity contribution in [3.63, 3.8) is 0 Å². The summed E-state index contributed by atoms with van der Waals surface area (Å²) in [5.41, 5.74) is 1.55. The van der Waals surface area contributed by atoms with Gasteiger partial charge in [-0.2, -0.15) is 0 Å². The number of thioether (sulfide) groups is 1. The van der Waals surface area contributed by atoms with Crippen LogP contribution in [0.1, 0.15) is 6.92 Å². The van der Waals surface area contributed by atoms with Crippen LogP contribution >= 0.6 is 11.8 Å². The molecule has 3 aromatic rings. The number of amides is 1. The standard InChI is InChI=1S/C22H22N4O4S/c1-4-11-26-20(15-5-8-17(28-3)9-6-15)24-25-22(26)31-14(2)21(27)23-16-7-10-18-19(12-16)30-13-29-18/h4-10,12,14H,1,11,13H2,2-3H3,(H,23,27)/t14-/m0/s1. The summed E-state index contributed by atoms with van der Waals surface area (Å²) in [4.78, 5) is 12.7. The number of allylic oxidation sites excluding steroid dienone is 1. The summed E-state index contributed by atoms with van der Waals surface area (Å²) in [6, 6.07) is 12.9. The van der Waals surface area contributed by atoms with Crippen molar-refractivity contribution in [2.45, 2.75) is 23.9 Å². The van der Waals surface area contributed by atoms with Gasteiger partial charge in [0.2, 0.25) is 12.7 Å². The number of nitrogens with zero attached hydrogens (tertiary/aromatic N) is 3. The Balaban J connectivity index is 1.49. The molecule has 31 heavy (non-hydrogen) atoms. The first kappa shape index (κ1) is 20.8. The van der Waals surface area contributed by atoms with Gasteiger partial charge >= 0.3 is 0 Å². The Morgan fingerprint density at radius 2 is 2.03 bits per heavy atom. The lowest BCUT2D eigenvalue weighted by Crippen LogP contribution is -2.23. The van der Waals surface area contributed by atoms with Gasteiger partial charge in [-0.15, -0.1) is 16.8 Å². The zero-order chi connectivity index (χ0) is 21.8. The molecular formula is C22H22N4O4S. The first-order chi connectivity index (χ1) is 15.1. The van der Waals surface area contributed by atoms with Crippen LogP contribution in [0.15, 0.2) is 60.3 Å². The summed E-state index contributed by atoms with van der Waals surface area (Å²) >= 11 is 1.34. The highest BCUT2D eigenvalue weighted by Gasteiger charge is 2.21. The van der Waals surface area contributed by atoms with E-state index in [1.807, 2.05) is 35.8 Å². The monoisotopic (exact) mass is 438 g/mol. The molecule has 1 aliphatic heterocycles. The maximum atomic E-state index is 12.7. The fourth-order valence-electron chi connectivity index (χ4n) is 3.05. The van der Waals surface area contributed by atoms with E-state index in [4.69, 9.17) is 14.2 Å². The van der Waals surface area contributed by atoms with Crippen molar-refractivity contribution in [2.24, 2.45) is 0 Å². The summed E-state index contributed by atoms with van der Waals surface area (Å²) < 4.78 is 17.8. The van der Waals surface area contributed by atoms with Gasteiger partial charge in [0.15, 0.2) is 22.5 Å². The number of rotatable bonds is 8. The van der Waals surface area contributed by atoms with Gasteiger partial charge in [-0.05, 0) is 43.3 Å². The molecule has 0 saturated heterocycles. The average molecular weight is 439 g/mol. The molecule has 2 aromatic carbocycles. The van der Waals surface area contributed by atoms with E-state index >= 15 is 0 Å². The highest BCUT2D eigenvalue weighted by atomic mass is 32.2. The maximum Gasteiger partial charge on any atom is 0.237 e. The Morgan fingerprint density at radius 3 is 2.77 bits per heavy atom. The molecule has 9 heteroatoms. The molecule has 2 heterocycles. The quantitative estimate of drug-likeness (QED) is 0.420. The smallest absolute Gasteiger partial charge is 0.237 e. The van der Waals surface area contributed by atoms with Crippen LogP contribution in [0.4, 0.5) is 5.69 Å². The molecule has 0 bridgehead atoms. The third-order valence-electron chi connectivity index (χ3n) is 4.67. The van der Waals surface area contributed by atoms with E-state index in [-0.39, 0.29) is 12.7 Å². The molecule has 1 aromatic heterocycles. The minimum Gasteiger partial charge on any atom is -0.497 e. The lowest BCUT2D eigenvalue weighted by atomic mass is 10.2. The summed E-state index contributed by atoms with van der Waals surface area (Å²) in [5.74, 6) is 2.61. The molecule has 1 amide bonds. The van der Waals surface area contributed by atoms with E-state index in [1.54, 1.807) is 31.4 Å². The fraction of sp³-hybridized carbons (Fsp3) is 0.227. The lowest BCUT2D eigenvalue weighted by molar-refractivity contribution is -0.115. The van der Waals surface area contributed by atoms with Gasteiger partial charge in [0.05, 0.1) is 12.4 Å². The van der Waals surface area contributed by atoms with Crippen molar-refractivity contribution < 1.29 is 19.0 Å². The molecule has 4 rings (SSSR count). The van der Waals surface area contributed by atoms with Crippen LogP contribution in [0.3, 0.4) is 0 Å². The molecular weight excluding hydrogens is 416 g/mol. The molecule has 1 atom stereocenters. The maximum absolute atomic E-state index is 12.7. The number of aromatic nitrogens is 3. The predicted octanol–water partition coefficient (Wildman–Crippen LogP) is 3.99. The number of nitrogens with one attached hydrogen (secondary N) is 1. The summed E-state index contributed by atoms with van der Waals surface area (Å²) in [5, 5.41) is 11.8. The molecule has 0 aliphatic carbocycles. The molecule has 1 aliphatic rings. The Morgan fingerprint density at radius 1 is 1.26 bits per heavy atom. The zero-order valence-corrected chi connectivity index (χ0v) is 18.0. The van der Waals surface area contributed by atoms with Crippen molar-refractivity contribution in [1.29, 1.82) is 0 Å². The minimum absolute atomic E-state index is 0.150. The SMILES string of the molecule is C=CCn1c(S[C@@H](C)C(=O)Nc2ccc3c(c2)OCO3)nnc1-c1ccc(OC)cc1. The number of carbonyl (C=O) groups is 1. The van der Waals surface area contributed by atoms with Crippen molar-refractivity contribution in [3.05, 3.63) is 55.1 Å². The molecule has 160 valence electrons. The number of ether oxygens (including phenoxy) is 3. The minimum atomic E-state index is -0.401. The van der Waals surface area contributed by atoms with E-state index < -0.39 is 5.25 Å². The number of anilines is 1. The summed E-state index contributed by atoms with van der Waals surface area (Å²) in [7, 11) is 1.62. The zero-order valence-electron chi connectivity index (χ0n) is 17.2. The van der Waals surface area contributed by atoms with Crippen molar-refractivity contribution in [2.75, 3.05) is 19.2 Å². The third kappa shape index (κ3) is 4.51. The summed E-state index contributed by atoms with van der Waals surface area (Å²) in [6.07, 6.45) is 1.78. The van der Waals surface area contributed by atoms with Gasteiger partial charge in [0, 0.05) is 23.9 Å². The van der Waals surface area contributed by atoms with Gasteiger partial charge in [0.1, 0.15) is 5.75 Å². The Bertz CT molecular complexity index is 1100. The van der Waals surface area contributed by atoms with Crippen LogP contribution in [0, 0.1) is 0 Å². The average Bonchev–Trinajstić information content (AvgIpc) is 3.41. The van der Waals surface area contributed by atoms with Gasteiger partial charge < -0.3 is 19.5 Å². The number of methoxy groups -OCH3 is 1. The summed E-state index contributed by atoms with van der Waals surface area (Å²) in [6.45, 7) is 6.37. The molecule has 0 spiro atoms. The predicted molar refractivity (Wildman–Crippen MR) is 119 cm³/mol. The van der Waals surface area contributed by atoms with E-state index in [2.05, 4.69) is 22.1 Å². The number of benzene rings is 2. The van der Waals surface area contributed by atoms with Crippen LogP contribution in [-0.2, 0) is 11.3 Å². The first-order valence-electron chi connectivity index (χ1n) is 9.64. The third-order valence-corrected chi connectivity index (χ3v) is 5.75. The Labute approximate surface area is 184 Å². The van der Waals surface area contributed by atoms with Crippen LogP contribution in [0.5, 0.6) is 17.2 Å². The van der Waals surface area contributed by atoms with Gasteiger partial charge in [-0.3, -0.25) is 9.36 Å². The molecule has 0 saturated carbocycles. The number of fused-ring (bicyclic) bond motifs is 1. The number of hydrogen-bond acceptors (Lipinski definition) is 7. The van der Waals surface area contributed by atoms with E-state index in [9.17, 15) is 4.79 Å². The number of carbonyl (C=O) groups excluding carboxylic acids is 1. The highest BCUT2D eigenvalue weighted by Crippen LogP contribution is 2.34. The largest absolute Gasteiger partial charge is 0.497 e. The molecule has 0 unspecified atom stereocenters. The van der Waals surface area contributed by atoms with Crippen LogP contribution in [-0.4, -0.2) is 39.8 Å². The molecule has 1 N–H and O–H groups in total. The van der Waals surface area contributed by atoms with Crippen LogP contribution in [0.25, 0.3) is 11.4 Å². The second-order valence-electron chi connectivity index (χ2n) is 6.75. The van der Waals surface area contributed by atoms with E-state index in [1.165, 1.54) is 11.8 Å². The van der Waals surface area contributed by atoms with E-state index in [0.29, 0.717) is 34.7 Å². The van der Waals surface area contributed by atoms with Gasteiger partial charge in [-0.25, -0.2) is 0 Å². The molecule has 8 nitrogen and oxygen atoms in total. The van der Waals surface area contributed by atoms with Crippen LogP contribution < -0.4 is 19.5 Å². The van der Waals surface area contributed by atoms with Crippen molar-refractivity contribution in [1.82, 2.24) is 14.8 Å². The number of hydrogen-bond donors (Lipinski definition) is 1. The van der Waals surface area contributed by atoms with Crippen molar-refractivity contribution in [3.8, 4) is 28.6 Å². The normalized spacial score (nSPS) is 13.0. The topological polar surface area (TPSA) is 87.5 Å².